The van der Waals surface area contributed by atoms with Gasteiger partial charge in [-0.05, 0) is 31.5 Å². The van der Waals surface area contributed by atoms with Gasteiger partial charge in [0.05, 0.1) is 30.8 Å². The van der Waals surface area contributed by atoms with E-state index in [1.165, 1.54) is 12.1 Å². The van der Waals surface area contributed by atoms with E-state index in [1.807, 2.05) is 36.9 Å². The van der Waals surface area contributed by atoms with Crippen molar-refractivity contribution in [1.29, 1.82) is 0 Å². The largest absolute Gasteiger partial charge is 0.361 e. The molecule has 0 N–H and O–H groups in total. The van der Waals surface area contributed by atoms with Gasteiger partial charge in [-0.25, -0.2) is 4.39 Å². The molecule has 1 fully saturated rings. The van der Waals surface area contributed by atoms with Crippen LogP contribution >= 0.6 is 0 Å². The molecule has 1 aliphatic rings. The highest BCUT2D eigenvalue weighted by molar-refractivity contribution is 5.43. The standard InChI is InChI=1S/C19H22FN5O/c1-14-19(15(2)26-22-14)12-25-11-18(9-21-25)24-8-7-23(13-24)10-16-3-5-17(20)6-4-16/h3-6,9,11H,7-8,10,12-13H2,1-2H3. The van der Waals surface area contributed by atoms with E-state index in [0.29, 0.717) is 6.54 Å². The van der Waals surface area contributed by atoms with E-state index in [1.54, 1.807) is 0 Å². The maximum atomic E-state index is 13.0. The maximum absolute atomic E-state index is 13.0. The van der Waals surface area contributed by atoms with Crippen LogP contribution in [0.25, 0.3) is 0 Å². The normalized spacial score (nSPS) is 15.1. The first-order chi connectivity index (χ1) is 12.6. The molecule has 4 rings (SSSR count). The van der Waals surface area contributed by atoms with Crippen molar-refractivity contribution >= 4 is 5.69 Å². The van der Waals surface area contributed by atoms with Gasteiger partial charge in [0, 0.05) is 31.4 Å². The van der Waals surface area contributed by atoms with E-state index in [-0.39, 0.29) is 5.82 Å². The number of nitrogens with zero attached hydrogens (tertiary/aromatic N) is 5. The van der Waals surface area contributed by atoms with E-state index in [4.69, 9.17) is 4.52 Å². The van der Waals surface area contributed by atoms with Crippen LogP contribution in [0.5, 0.6) is 0 Å². The molecular weight excluding hydrogens is 333 g/mol. The van der Waals surface area contributed by atoms with Crippen LogP contribution in [-0.4, -0.2) is 39.6 Å². The van der Waals surface area contributed by atoms with Gasteiger partial charge in [0.2, 0.25) is 0 Å². The Balaban J connectivity index is 1.38. The highest BCUT2D eigenvalue weighted by Crippen LogP contribution is 2.21. The lowest BCUT2D eigenvalue weighted by atomic mass is 10.2. The SMILES string of the molecule is Cc1noc(C)c1Cn1cc(N2CCN(Cc3ccc(F)cc3)C2)cn1. The third-order valence-corrected chi connectivity index (χ3v) is 4.86. The lowest BCUT2D eigenvalue weighted by molar-refractivity contribution is 0.334. The molecule has 2 aromatic heterocycles. The van der Waals surface area contributed by atoms with Crippen LogP contribution in [0.3, 0.4) is 0 Å². The molecule has 6 nitrogen and oxygen atoms in total. The summed E-state index contributed by atoms with van der Waals surface area (Å²) in [6.07, 6.45) is 3.97. The summed E-state index contributed by atoms with van der Waals surface area (Å²) in [6.45, 7) is 8.13. The summed E-state index contributed by atoms with van der Waals surface area (Å²) >= 11 is 0. The third-order valence-electron chi connectivity index (χ3n) is 4.86. The Morgan fingerprint density at radius 1 is 1.12 bits per heavy atom. The van der Waals surface area contributed by atoms with Crippen molar-refractivity contribution in [3.63, 3.8) is 0 Å². The Morgan fingerprint density at radius 2 is 1.92 bits per heavy atom. The van der Waals surface area contributed by atoms with Crippen molar-refractivity contribution in [2.75, 3.05) is 24.7 Å². The molecule has 3 heterocycles. The third kappa shape index (κ3) is 3.48. The summed E-state index contributed by atoms with van der Waals surface area (Å²) in [4.78, 5) is 4.65. The van der Waals surface area contributed by atoms with Gasteiger partial charge in [0.1, 0.15) is 11.6 Å². The zero-order chi connectivity index (χ0) is 18.1. The highest BCUT2D eigenvalue weighted by Gasteiger charge is 2.21. The molecule has 0 atom stereocenters. The number of benzene rings is 1. The van der Waals surface area contributed by atoms with Crippen LogP contribution in [0, 0.1) is 19.7 Å². The number of hydrogen-bond donors (Lipinski definition) is 0. The number of aromatic nitrogens is 3. The van der Waals surface area contributed by atoms with Gasteiger partial charge in [0.25, 0.3) is 0 Å². The predicted octanol–water partition coefficient (Wildman–Crippen LogP) is 2.96. The molecule has 0 saturated carbocycles. The second-order valence-electron chi connectivity index (χ2n) is 6.78. The van der Waals surface area contributed by atoms with Crippen LogP contribution < -0.4 is 4.90 Å². The first-order valence-electron chi connectivity index (χ1n) is 8.74. The minimum absolute atomic E-state index is 0.192. The van der Waals surface area contributed by atoms with Crippen LogP contribution in [0.2, 0.25) is 0 Å². The number of halogens is 1. The van der Waals surface area contributed by atoms with Crippen molar-refractivity contribution in [2.45, 2.75) is 26.9 Å². The van der Waals surface area contributed by atoms with Gasteiger partial charge in [0.15, 0.2) is 0 Å². The van der Waals surface area contributed by atoms with E-state index in [9.17, 15) is 4.39 Å². The van der Waals surface area contributed by atoms with Crippen molar-refractivity contribution in [1.82, 2.24) is 19.8 Å². The molecule has 0 unspecified atom stereocenters. The van der Waals surface area contributed by atoms with Crippen LogP contribution in [0.15, 0.2) is 41.2 Å². The average molecular weight is 355 g/mol. The summed E-state index contributed by atoms with van der Waals surface area (Å²) in [6, 6.07) is 6.73. The van der Waals surface area contributed by atoms with Crippen LogP contribution in [-0.2, 0) is 13.1 Å². The molecule has 26 heavy (non-hydrogen) atoms. The molecule has 1 aliphatic heterocycles. The zero-order valence-electron chi connectivity index (χ0n) is 15.0. The fraction of sp³-hybridized carbons (Fsp3) is 0.368. The Bertz CT molecular complexity index is 866. The maximum Gasteiger partial charge on any atom is 0.138 e. The Hall–Kier alpha value is -2.67. The van der Waals surface area contributed by atoms with Gasteiger partial charge in [-0.15, -0.1) is 0 Å². The zero-order valence-corrected chi connectivity index (χ0v) is 15.0. The lowest BCUT2D eigenvalue weighted by Crippen LogP contribution is -2.24. The van der Waals surface area contributed by atoms with E-state index in [0.717, 1.165) is 54.6 Å². The topological polar surface area (TPSA) is 50.3 Å². The van der Waals surface area contributed by atoms with Gasteiger partial charge in [-0.1, -0.05) is 17.3 Å². The van der Waals surface area contributed by atoms with E-state index >= 15 is 0 Å². The van der Waals surface area contributed by atoms with E-state index in [2.05, 4.69) is 26.3 Å². The molecule has 1 saturated heterocycles. The molecule has 1 aromatic carbocycles. The molecule has 0 aliphatic carbocycles. The predicted molar refractivity (Wildman–Crippen MR) is 96.3 cm³/mol. The first kappa shape index (κ1) is 16.8. The average Bonchev–Trinajstić information content (AvgIpc) is 3.34. The van der Waals surface area contributed by atoms with Gasteiger partial charge in [-0.2, -0.15) is 5.10 Å². The summed E-state index contributed by atoms with van der Waals surface area (Å²) < 4.78 is 20.2. The number of aryl methyl sites for hydroxylation is 2. The van der Waals surface area contributed by atoms with Gasteiger partial charge < -0.3 is 9.42 Å². The molecule has 3 aromatic rings. The fourth-order valence-electron chi connectivity index (χ4n) is 3.32. The van der Waals surface area contributed by atoms with Crippen LogP contribution in [0.4, 0.5) is 10.1 Å². The lowest BCUT2D eigenvalue weighted by Gasteiger charge is -2.18. The molecule has 0 radical (unpaired) electrons. The monoisotopic (exact) mass is 355 g/mol. The second kappa shape index (κ2) is 6.92. The number of hydrogen-bond acceptors (Lipinski definition) is 5. The molecule has 7 heteroatoms. The number of rotatable bonds is 5. The van der Waals surface area contributed by atoms with Crippen molar-refractivity contribution < 1.29 is 8.91 Å². The van der Waals surface area contributed by atoms with Crippen molar-refractivity contribution in [3.8, 4) is 0 Å². The Kier molecular flexibility index (Phi) is 4.46. The Morgan fingerprint density at radius 3 is 2.65 bits per heavy atom. The summed E-state index contributed by atoms with van der Waals surface area (Å²) in [5.74, 6) is 0.647. The smallest absolute Gasteiger partial charge is 0.138 e. The first-order valence-corrected chi connectivity index (χ1v) is 8.74. The van der Waals surface area contributed by atoms with Crippen molar-refractivity contribution in [2.24, 2.45) is 0 Å². The second-order valence-corrected chi connectivity index (χ2v) is 6.78. The summed E-state index contributed by atoms with van der Waals surface area (Å²) in [5.41, 5.74) is 4.23. The molecule has 0 amide bonds. The minimum Gasteiger partial charge on any atom is -0.361 e. The van der Waals surface area contributed by atoms with Gasteiger partial charge >= 0.3 is 0 Å². The fourth-order valence-corrected chi connectivity index (χ4v) is 3.32. The summed E-state index contributed by atoms with van der Waals surface area (Å²) in [7, 11) is 0. The molecule has 0 spiro atoms. The number of anilines is 1. The van der Waals surface area contributed by atoms with Crippen LogP contribution in [0.1, 0.15) is 22.6 Å². The minimum atomic E-state index is -0.192. The molecule has 136 valence electrons. The van der Waals surface area contributed by atoms with E-state index < -0.39 is 0 Å². The Labute approximate surface area is 151 Å². The highest BCUT2D eigenvalue weighted by atomic mass is 19.1. The van der Waals surface area contributed by atoms with Crippen molar-refractivity contribution in [3.05, 3.63) is 65.1 Å². The summed E-state index contributed by atoms with van der Waals surface area (Å²) in [5, 5.41) is 8.48. The molecule has 0 bridgehead atoms. The molecular formula is C19H22FN5O. The van der Waals surface area contributed by atoms with Gasteiger partial charge in [-0.3, -0.25) is 9.58 Å². The quantitative estimate of drug-likeness (QED) is 0.704.